The van der Waals surface area contributed by atoms with Crippen molar-refractivity contribution in [3.63, 3.8) is 0 Å². The molecule has 20 heavy (non-hydrogen) atoms. The molecule has 0 amide bonds. The lowest BCUT2D eigenvalue weighted by atomic mass is 9.81. The maximum absolute atomic E-state index is 3.53. The standard InChI is InChI=1S/C20H20/c1-3-11-17-15(7-1)9-5-13-19(17)20-14-6-10-16-8-2-4-12-18(16)20/h5-6,9-10H,1-4,7-8,11-12H2. The van der Waals surface area contributed by atoms with E-state index in [0.717, 1.165) is 0 Å². The molecule has 0 heteroatoms. The van der Waals surface area contributed by atoms with Crippen LogP contribution < -0.4 is 0 Å². The molecule has 2 radical (unpaired) electrons. The number of aryl methyl sites for hydroxylation is 2. The molecule has 0 saturated carbocycles. The summed E-state index contributed by atoms with van der Waals surface area (Å²) in [5.41, 5.74) is 8.89. The van der Waals surface area contributed by atoms with E-state index in [1.54, 1.807) is 22.3 Å². The summed E-state index contributed by atoms with van der Waals surface area (Å²) in [6.45, 7) is 0. The molecule has 0 aliphatic heterocycles. The second-order valence-corrected chi connectivity index (χ2v) is 6.13. The molecule has 2 aromatic carbocycles. The van der Waals surface area contributed by atoms with E-state index in [9.17, 15) is 0 Å². The number of hydrogen-bond donors (Lipinski definition) is 0. The zero-order valence-electron chi connectivity index (χ0n) is 12.0. The first-order chi connectivity index (χ1) is 9.93. The molecule has 0 atom stereocenters. The minimum Gasteiger partial charge on any atom is -0.0581 e. The van der Waals surface area contributed by atoms with Crippen LogP contribution in [-0.4, -0.2) is 0 Å². The SMILES string of the molecule is [c]1ccc2c(c1-c1[c]ccc3c1CCCC3)CCCC2. The Morgan fingerprint density at radius 3 is 1.55 bits per heavy atom. The topological polar surface area (TPSA) is 0 Å². The summed E-state index contributed by atoms with van der Waals surface area (Å²) >= 11 is 0. The van der Waals surface area contributed by atoms with E-state index < -0.39 is 0 Å². The predicted molar refractivity (Wildman–Crippen MR) is 82.8 cm³/mol. The van der Waals surface area contributed by atoms with E-state index in [2.05, 4.69) is 36.4 Å². The van der Waals surface area contributed by atoms with E-state index >= 15 is 0 Å². The molecule has 0 heterocycles. The normalized spacial score (nSPS) is 17.4. The summed E-state index contributed by atoms with van der Waals surface area (Å²) in [6, 6.07) is 15.8. The van der Waals surface area contributed by atoms with Gasteiger partial charge < -0.3 is 0 Å². The zero-order valence-corrected chi connectivity index (χ0v) is 12.0. The summed E-state index contributed by atoms with van der Waals surface area (Å²) in [4.78, 5) is 0. The number of benzene rings is 2. The van der Waals surface area contributed by atoms with Crippen LogP contribution in [0.5, 0.6) is 0 Å². The summed E-state index contributed by atoms with van der Waals surface area (Å²) < 4.78 is 0. The smallest absolute Gasteiger partial charge is 0.00612 e. The lowest BCUT2D eigenvalue weighted by molar-refractivity contribution is 0.681. The average molecular weight is 260 g/mol. The van der Waals surface area contributed by atoms with Crippen molar-refractivity contribution in [1.29, 1.82) is 0 Å². The van der Waals surface area contributed by atoms with Crippen molar-refractivity contribution in [1.82, 2.24) is 0 Å². The third-order valence-corrected chi connectivity index (χ3v) is 4.90. The van der Waals surface area contributed by atoms with Gasteiger partial charge in [-0.25, -0.2) is 0 Å². The van der Waals surface area contributed by atoms with Crippen molar-refractivity contribution in [3.8, 4) is 11.1 Å². The third-order valence-electron chi connectivity index (χ3n) is 4.90. The molecule has 2 aliphatic carbocycles. The maximum atomic E-state index is 3.53. The van der Waals surface area contributed by atoms with Gasteiger partial charge in [0.2, 0.25) is 0 Å². The summed E-state index contributed by atoms with van der Waals surface area (Å²) in [6.07, 6.45) is 10.3. The maximum Gasteiger partial charge on any atom is -0.00612 e. The van der Waals surface area contributed by atoms with Crippen LogP contribution >= 0.6 is 0 Å². The first-order valence-electron chi connectivity index (χ1n) is 7.99. The first kappa shape index (κ1) is 12.2. The number of hydrogen-bond acceptors (Lipinski definition) is 0. The molecule has 0 fully saturated rings. The van der Waals surface area contributed by atoms with Gasteiger partial charge in [-0.05, 0) is 96.9 Å². The van der Waals surface area contributed by atoms with Crippen LogP contribution in [0.1, 0.15) is 47.9 Å². The van der Waals surface area contributed by atoms with Gasteiger partial charge in [-0.3, -0.25) is 0 Å². The average Bonchev–Trinajstić information content (AvgIpc) is 2.54. The largest absolute Gasteiger partial charge is 0.0581 e. The monoisotopic (exact) mass is 260 g/mol. The Bertz CT molecular complexity index is 579. The lowest BCUT2D eigenvalue weighted by Crippen LogP contribution is -2.08. The lowest BCUT2D eigenvalue weighted by Gasteiger charge is -2.23. The molecular formula is C20H20. The van der Waals surface area contributed by atoms with Crippen molar-refractivity contribution < 1.29 is 0 Å². The van der Waals surface area contributed by atoms with Crippen LogP contribution in [-0.2, 0) is 25.7 Å². The molecule has 0 aromatic heterocycles. The number of fused-ring (bicyclic) bond motifs is 2. The van der Waals surface area contributed by atoms with Crippen LogP contribution in [0, 0.1) is 12.1 Å². The third kappa shape index (κ3) is 1.98. The molecule has 100 valence electrons. The fourth-order valence-corrected chi connectivity index (χ4v) is 3.87. The van der Waals surface area contributed by atoms with Gasteiger partial charge in [0.05, 0.1) is 0 Å². The van der Waals surface area contributed by atoms with E-state index in [4.69, 9.17) is 0 Å². The van der Waals surface area contributed by atoms with Gasteiger partial charge in [0.1, 0.15) is 0 Å². The van der Waals surface area contributed by atoms with Gasteiger partial charge in [-0.15, -0.1) is 0 Å². The predicted octanol–water partition coefficient (Wildman–Crippen LogP) is 4.71. The van der Waals surface area contributed by atoms with E-state index in [1.165, 1.54) is 62.5 Å². The highest BCUT2D eigenvalue weighted by molar-refractivity contribution is 5.72. The van der Waals surface area contributed by atoms with Crippen LogP contribution in [0.3, 0.4) is 0 Å². The summed E-state index contributed by atoms with van der Waals surface area (Å²) in [5, 5.41) is 0. The van der Waals surface area contributed by atoms with E-state index in [0.29, 0.717) is 0 Å². The molecule has 0 N–H and O–H groups in total. The van der Waals surface area contributed by atoms with Crippen molar-refractivity contribution in [2.75, 3.05) is 0 Å². The van der Waals surface area contributed by atoms with Crippen LogP contribution in [0.4, 0.5) is 0 Å². The second-order valence-electron chi connectivity index (χ2n) is 6.13. The van der Waals surface area contributed by atoms with Crippen molar-refractivity contribution in [2.24, 2.45) is 0 Å². The van der Waals surface area contributed by atoms with Crippen LogP contribution in [0.15, 0.2) is 24.3 Å². The molecule has 0 unspecified atom stereocenters. The Labute approximate surface area is 121 Å². The fourth-order valence-electron chi connectivity index (χ4n) is 3.87. The quantitative estimate of drug-likeness (QED) is 0.696. The Morgan fingerprint density at radius 2 is 1.05 bits per heavy atom. The van der Waals surface area contributed by atoms with Crippen molar-refractivity contribution in [2.45, 2.75) is 51.4 Å². The molecular weight excluding hydrogens is 240 g/mol. The number of rotatable bonds is 1. The van der Waals surface area contributed by atoms with Gasteiger partial charge in [0.15, 0.2) is 0 Å². The zero-order chi connectivity index (χ0) is 13.4. The van der Waals surface area contributed by atoms with Crippen LogP contribution in [0.25, 0.3) is 11.1 Å². The molecule has 2 aliphatic rings. The highest BCUT2D eigenvalue weighted by Gasteiger charge is 2.19. The Balaban J connectivity index is 1.90. The molecule has 0 spiro atoms. The Kier molecular flexibility index (Phi) is 3.10. The summed E-state index contributed by atoms with van der Waals surface area (Å²) in [5.74, 6) is 0. The first-order valence-corrected chi connectivity index (χ1v) is 7.99. The van der Waals surface area contributed by atoms with Crippen LogP contribution in [0.2, 0.25) is 0 Å². The second kappa shape index (κ2) is 5.09. The highest BCUT2D eigenvalue weighted by Crippen LogP contribution is 2.36. The van der Waals surface area contributed by atoms with Gasteiger partial charge >= 0.3 is 0 Å². The van der Waals surface area contributed by atoms with Crippen molar-refractivity contribution in [3.05, 3.63) is 58.7 Å². The molecule has 4 rings (SSSR count). The van der Waals surface area contributed by atoms with Gasteiger partial charge in [-0.2, -0.15) is 0 Å². The minimum atomic E-state index is 1.22. The summed E-state index contributed by atoms with van der Waals surface area (Å²) in [7, 11) is 0. The molecule has 0 bridgehead atoms. The molecule has 0 saturated heterocycles. The fraction of sp³-hybridized carbons (Fsp3) is 0.400. The Morgan fingerprint density at radius 1 is 0.600 bits per heavy atom. The van der Waals surface area contributed by atoms with Gasteiger partial charge in [0, 0.05) is 0 Å². The highest BCUT2D eigenvalue weighted by atomic mass is 14.2. The molecule has 2 aromatic rings. The van der Waals surface area contributed by atoms with E-state index in [1.807, 2.05) is 0 Å². The van der Waals surface area contributed by atoms with E-state index in [-0.39, 0.29) is 0 Å². The molecule has 0 nitrogen and oxygen atoms in total. The van der Waals surface area contributed by atoms with Gasteiger partial charge in [0.25, 0.3) is 0 Å². The van der Waals surface area contributed by atoms with Gasteiger partial charge in [-0.1, -0.05) is 24.3 Å². The van der Waals surface area contributed by atoms with Crippen molar-refractivity contribution >= 4 is 0 Å². The minimum absolute atomic E-state index is 1.22. The Hall–Kier alpha value is -1.56.